The van der Waals surface area contributed by atoms with E-state index in [-0.39, 0.29) is 11.7 Å². The lowest BCUT2D eigenvalue weighted by atomic mass is 9.91. The molecule has 0 saturated carbocycles. The normalized spacial score (nSPS) is 18.2. The second-order valence-corrected chi connectivity index (χ2v) is 6.83. The summed E-state index contributed by atoms with van der Waals surface area (Å²) in [7, 11) is 1.83. The quantitative estimate of drug-likeness (QED) is 0.877. The molecule has 2 aromatic rings. The smallest absolute Gasteiger partial charge is 0.239 e. The van der Waals surface area contributed by atoms with Gasteiger partial charge in [-0.05, 0) is 55.8 Å². The Morgan fingerprint density at radius 1 is 1.32 bits per heavy atom. The number of piperidine rings is 1. The van der Waals surface area contributed by atoms with Crippen molar-refractivity contribution in [2.24, 2.45) is 13.0 Å². The van der Waals surface area contributed by atoms with E-state index in [1.807, 2.05) is 25.4 Å². The first kappa shape index (κ1) is 17.6. The predicted molar refractivity (Wildman–Crippen MR) is 95.7 cm³/mol. The highest BCUT2D eigenvalue weighted by molar-refractivity contribution is 5.91. The van der Waals surface area contributed by atoms with Crippen LogP contribution in [0.5, 0.6) is 0 Å². The molecule has 0 aliphatic carbocycles. The first-order valence-electron chi connectivity index (χ1n) is 8.85. The second kappa shape index (κ2) is 8.25. The van der Waals surface area contributed by atoms with E-state index in [4.69, 9.17) is 0 Å². The Labute approximate surface area is 147 Å². The standard InChI is InChI=1S/C19H25FN4O/c1-23-12-10-18(22-23)21-19(25)14-24-11-2-3-16(13-24)5-4-15-6-8-17(20)9-7-15/h6-10,12,16H,2-5,11,13-14H2,1H3,(H,21,22,25)/t16-/m0/s1. The van der Waals surface area contributed by atoms with Gasteiger partial charge < -0.3 is 5.32 Å². The van der Waals surface area contributed by atoms with Crippen LogP contribution in [0, 0.1) is 11.7 Å². The molecule has 6 heteroatoms. The van der Waals surface area contributed by atoms with Crippen LogP contribution in [0.25, 0.3) is 0 Å². The third kappa shape index (κ3) is 5.39. The topological polar surface area (TPSA) is 50.2 Å². The third-order valence-electron chi connectivity index (χ3n) is 4.71. The van der Waals surface area contributed by atoms with Crippen LogP contribution in [-0.4, -0.2) is 40.2 Å². The van der Waals surface area contributed by atoms with E-state index in [0.717, 1.165) is 32.4 Å². The van der Waals surface area contributed by atoms with Gasteiger partial charge in [-0.2, -0.15) is 5.10 Å². The zero-order valence-corrected chi connectivity index (χ0v) is 14.6. The zero-order valence-electron chi connectivity index (χ0n) is 14.6. The minimum atomic E-state index is -0.188. The van der Waals surface area contributed by atoms with Gasteiger partial charge in [-0.25, -0.2) is 4.39 Å². The Hall–Kier alpha value is -2.21. The average molecular weight is 344 g/mol. The van der Waals surface area contributed by atoms with E-state index in [0.29, 0.717) is 18.3 Å². The SMILES string of the molecule is Cn1ccc(NC(=O)CN2CCC[C@@H](CCc3ccc(F)cc3)C2)n1. The molecule has 2 heterocycles. The summed E-state index contributed by atoms with van der Waals surface area (Å²) in [5, 5.41) is 7.01. The van der Waals surface area contributed by atoms with Crippen LogP contribution in [0.1, 0.15) is 24.8 Å². The number of carbonyl (C=O) groups excluding carboxylic acids is 1. The molecule has 1 N–H and O–H groups in total. The number of halogens is 1. The van der Waals surface area contributed by atoms with Crippen molar-refractivity contribution in [2.45, 2.75) is 25.7 Å². The van der Waals surface area contributed by atoms with E-state index in [1.54, 1.807) is 10.7 Å². The van der Waals surface area contributed by atoms with Crippen LogP contribution in [-0.2, 0) is 18.3 Å². The molecule has 1 saturated heterocycles. The van der Waals surface area contributed by atoms with Crippen LogP contribution >= 0.6 is 0 Å². The number of aryl methyl sites for hydroxylation is 2. The lowest BCUT2D eigenvalue weighted by molar-refractivity contribution is -0.117. The maximum atomic E-state index is 13.0. The lowest BCUT2D eigenvalue weighted by Gasteiger charge is -2.32. The molecule has 1 fully saturated rings. The maximum absolute atomic E-state index is 13.0. The molecule has 3 rings (SSSR count). The number of likely N-dealkylation sites (tertiary alicyclic amines) is 1. The molecule has 1 aromatic heterocycles. The van der Waals surface area contributed by atoms with Crippen molar-refractivity contribution >= 4 is 11.7 Å². The summed E-state index contributed by atoms with van der Waals surface area (Å²) in [6, 6.07) is 8.54. The van der Waals surface area contributed by atoms with Crippen LogP contribution < -0.4 is 5.32 Å². The van der Waals surface area contributed by atoms with E-state index >= 15 is 0 Å². The van der Waals surface area contributed by atoms with Crippen molar-refractivity contribution in [3.05, 3.63) is 47.9 Å². The highest BCUT2D eigenvalue weighted by Crippen LogP contribution is 2.21. The van der Waals surface area contributed by atoms with Crippen LogP contribution in [0.2, 0.25) is 0 Å². The monoisotopic (exact) mass is 344 g/mol. The van der Waals surface area contributed by atoms with Crippen molar-refractivity contribution in [1.29, 1.82) is 0 Å². The van der Waals surface area contributed by atoms with Crippen molar-refractivity contribution < 1.29 is 9.18 Å². The van der Waals surface area contributed by atoms with Gasteiger partial charge in [0.25, 0.3) is 0 Å². The summed E-state index contributed by atoms with van der Waals surface area (Å²) in [4.78, 5) is 14.4. The highest BCUT2D eigenvalue weighted by Gasteiger charge is 2.21. The molecular formula is C19H25FN4O. The Balaban J connectivity index is 1.44. The summed E-state index contributed by atoms with van der Waals surface area (Å²) in [6.45, 7) is 2.31. The van der Waals surface area contributed by atoms with Gasteiger partial charge in [-0.1, -0.05) is 12.1 Å². The number of nitrogens with zero attached hydrogens (tertiary/aromatic N) is 3. The molecule has 0 unspecified atom stereocenters. The number of hydrogen-bond acceptors (Lipinski definition) is 3. The fourth-order valence-electron chi connectivity index (χ4n) is 3.42. The Bertz CT molecular complexity index is 698. The number of benzene rings is 1. The number of anilines is 1. The number of rotatable bonds is 6. The lowest BCUT2D eigenvalue weighted by Crippen LogP contribution is -2.40. The van der Waals surface area contributed by atoms with Crippen LogP contribution in [0.15, 0.2) is 36.5 Å². The molecule has 0 bridgehead atoms. The molecule has 1 aliphatic heterocycles. The third-order valence-corrected chi connectivity index (χ3v) is 4.71. The van der Waals surface area contributed by atoms with Crippen molar-refractivity contribution in [3.8, 4) is 0 Å². The van der Waals surface area contributed by atoms with Gasteiger partial charge >= 0.3 is 0 Å². The van der Waals surface area contributed by atoms with Gasteiger partial charge in [0, 0.05) is 25.9 Å². The molecule has 5 nitrogen and oxygen atoms in total. The minimum Gasteiger partial charge on any atom is -0.308 e. The number of amides is 1. The van der Waals surface area contributed by atoms with Crippen molar-refractivity contribution in [3.63, 3.8) is 0 Å². The Kier molecular flexibility index (Phi) is 5.81. The van der Waals surface area contributed by atoms with E-state index in [9.17, 15) is 9.18 Å². The molecule has 134 valence electrons. The molecule has 1 aliphatic rings. The first-order valence-corrected chi connectivity index (χ1v) is 8.85. The van der Waals surface area contributed by atoms with Crippen molar-refractivity contribution in [1.82, 2.24) is 14.7 Å². The first-order chi connectivity index (χ1) is 12.1. The number of carbonyl (C=O) groups is 1. The average Bonchev–Trinajstić information content (AvgIpc) is 2.99. The molecule has 1 amide bonds. The van der Waals surface area contributed by atoms with Gasteiger partial charge in [0.15, 0.2) is 5.82 Å². The van der Waals surface area contributed by atoms with Gasteiger partial charge in [-0.3, -0.25) is 14.4 Å². The molecule has 0 radical (unpaired) electrons. The van der Waals surface area contributed by atoms with E-state index < -0.39 is 0 Å². The summed E-state index contributed by atoms with van der Waals surface area (Å²) in [6.07, 6.45) is 6.15. The Morgan fingerprint density at radius 3 is 2.84 bits per heavy atom. The van der Waals surface area contributed by atoms with Crippen molar-refractivity contribution in [2.75, 3.05) is 25.0 Å². The minimum absolute atomic E-state index is 0.0158. The summed E-state index contributed by atoms with van der Waals surface area (Å²) in [5.41, 5.74) is 1.17. The maximum Gasteiger partial charge on any atom is 0.239 e. The molecular weight excluding hydrogens is 319 g/mol. The summed E-state index contributed by atoms with van der Waals surface area (Å²) < 4.78 is 14.6. The fourth-order valence-corrected chi connectivity index (χ4v) is 3.42. The largest absolute Gasteiger partial charge is 0.308 e. The van der Waals surface area contributed by atoms with Gasteiger partial charge in [-0.15, -0.1) is 0 Å². The summed E-state index contributed by atoms with van der Waals surface area (Å²) >= 11 is 0. The molecule has 1 aromatic carbocycles. The number of aromatic nitrogens is 2. The highest BCUT2D eigenvalue weighted by atomic mass is 19.1. The van der Waals surface area contributed by atoms with Gasteiger partial charge in [0.1, 0.15) is 5.82 Å². The van der Waals surface area contributed by atoms with Gasteiger partial charge in [0.05, 0.1) is 6.54 Å². The van der Waals surface area contributed by atoms with E-state index in [1.165, 1.54) is 24.1 Å². The number of hydrogen-bond donors (Lipinski definition) is 1. The fraction of sp³-hybridized carbons (Fsp3) is 0.474. The van der Waals surface area contributed by atoms with Gasteiger partial charge in [0.2, 0.25) is 5.91 Å². The predicted octanol–water partition coefficient (Wildman–Crippen LogP) is 2.84. The molecule has 0 spiro atoms. The second-order valence-electron chi connectivity index (χ2n) is 6.83. The summed E-state index contributed by atoms with van der Waals surface area (Å²) in [5.74, 6) is 0.975. The zero-order chi connectivity index (χ0) is 17.6. The number of nitrogens with one attached hydrogen (secondary N) is 1. The molecule has 25 heavy (non-hydrogen) atoms. The van der Waals surface area contributed by atoms with E-state index in [2.05, 4.69) is 15.3 Å². The van der Waals surface area contributed by atoms with Crippen LogP contribution in [0.3, 0.4) is 0 Å². The van der Waals surface area contributed by atoms with Crippen LogP contribution in [0.4, 0.5) is 10.2 Å². The molecule has 1 atom stereocenters. The Morgan fingerprint density at radius 2 is 2.12 bits per heavy atom.